The van der Waals surface area contributed by atoms with E-state index < -0.39 is 25.7 Å². The van der Waals surface area contributed by atoms with Crippen LogP contribution >= 0.6 is 0 Å². The Labute approximate surface area is 202 Å². The number of benzene rings is 2. The molecule has 2 N–H and O–H groups in total. The molecule has 12 heteroatoms. The van der Waals surface area contributed by atoms with Gasteiger partial charge in [-0.25, -0.2) is 26.2 Å². The SMILES string of the molecule is C=CS(=O)(=O)N1CC2(CC2)c2ccc(Nc3nc(Nc4ccc(S(C)(=O)=O)cc4)ncc3F)cc21. The minimum Gasteiger partial charge on any atom is -0.338 e. The number of nitrogens with zero attached hydrogens (tertiary/aromatic N) is 3. The summed E-state index contributed by atoms with van der Waals surface area (Å²) >= 11 is 0. The van der Waals surface area contributed by atoms with Gasteiger partial charge in [0.15, 0.2) is 21.5 Å². The second-order valence-corrected chi connectivity index (χ2v) is 12.5. The maximum Gasteiger partial charge on any atom is 0.256 e. The van der Waals surface area contributed by atoms with E-state index in [0.717, 1.165) is 36.3 Å². The minimum atomic E-state index is -3.67. The van der Waals surface area contributed by atoms with E-state index in [2.05, 4.69) is 27.2 Å². The Morgan fingerprint density at radius 3 is 2.37 bits per heavy atom. The number of halogens is 1. The second-order valence-electron chi connectivity index (χ2n) is 8.67. The second kappa shape index (κ2) is 8.02. The molecule has 9 nitrogen and oxygen atoms in total. The van der Waals surface area contributed by atoms with E-state index in [0.29, 0.717) is 23.6 Å². The average molecular weight is 516 g/mol. The molecule has 1 aromatic heterocycles. The lowest BCUT2D eigenvalue weighted by Crippen LogP contribution is -2.29. The molecule has 2 heterocycles. The third-order valence-corrected chi connectivity index (χ3v) is 8.69. The van der Waals surface area contributed by atoms with Crippen molar-refractivity contribution in [1.29, 1.82) is 0 Å². The van der Waals surface area contributed by atoms with Gasteiger partial charge in [0.1, 0.15) is 0 Å². The van der Waals surface area contributed by atoms with Crippen molar-refractivity contribution in [2.75, 3.05) is 27.7 Å². The molecule has 1 spiro atoms. The fraction of sp³-hybridized carbons (Fsp3) is 0.217. The van der Waals surface area contributed by atoms with Gasteiger partial charge in [-0.15, -0.1) is 0 Å². The summed E-state index contributed by atoms with van der Waals surface area (Å²) in [5, 5.41) is 6.74. The fourth-order valence-corrected chi connectivity index (χ4v) is 5.83. The summed E-state index contributed by atoms with van der Waals surface area (Å²) in [6.07, 6.45) is 3.95. The molecule has 0 saturated heterocycles. The van der Waals surface area contributed by atoms with Gasteiger partial charge in [-0.05, 0) is 54.8 Å². The maximum atomic E-state index is 14.5. The van der Waals surface area contributed by atoms with Gasteiger partial charge >= 0.3 is 0 Å². The quantitative estimate of drug-likeness (QED) is 0.487. The molecule has 5 rings (SSSR count). The molecule has 0 amide bonds. The molecule has 2 aliphatic rings. The summed E-state index contributed by atoms with van der Waals surface area (Å²) in [5.74, 6) is -0.708. The van der Waals surface area contributed by atoms with Crippen molar-refractivity contribution in [3.8, 4) is 0 Å². The summed E-state index contributed by atoms with van der Waals surface area (Å²) in [6, 6.07) is 11.3. The van der Waals surface area contributed by atoms with Crippen LogP contribution in [0.15, 0.2) is 65.5 Å². The highest BCUT2D eigenvalue weighted by Crippen LogP contribution is 2.57. The monoisotopic (exact) mass is 515 g/mol. The highest BCUT2D eigenvalue weighted by molar-refractivity contribution is 7.95. The largest absolute Gasteiger partial charge is 0.338 e. The Morgan fingerprint density at radius 2 is 1.74 bits per heavy atom. The molecular formula is C23H22FN5O4S2. The molecule has 1 saturated carbocycles. The van der Waals surface area contributed by atoms with Crippen LogP contribution in [0.3, 0.4) is 0 Å². The summed E-state index contributed by atoms with van der Waals surface area (Å²) in [4.78, 5) is 8.28. The van der Waals surface area contributed by atoms with Crippen LogP contribution in [0.4, 0.5) is 33.2 Å². The van der Waals surface area contributed by atoms with E-state index in [1.165, 1.54) is 16.4 Å². The van der Waals surface area contributed by atoms with Crippen LogP contribution in [0, 0.1) is 5.82 Å². The van der Waals surface area contributed by atoms with Crippen molar-refractivity contribution in [3.63, 3.8) is 0 Å². The fourth-order valence-electron chi connectivity index (χ4n) is 4.17. The molecular weight excluding hydrogens is 493 g/mol. The number of sulfonamides is 1. The Bertz CT molecular complexity index is 1550. The summed E-state index contributed by atoms with van der Waals surface area (Å²) in [6.45, 7) is 3.80. The molecule has 1 aliphatic carbocycles. The summed E-state index contributed by atoms with van der Waals surface area (Å²) in [5.41, 5.74) is 2.33. The van der Waals surface area contributed by atoms with E-state index in [-0.39, 0.29) is 22.1 Å². The summed E-state index contributed by atoms with van der Waals surface area (Å²) < 4.78 is 64.2. The van der Waals surface area contributed by atoms with Crippen molar-refractivity contribution >= 4 is 48.7 Å². The van der Waals surface area contributed by atoms with Crippen molar-refractivity contribution < 1.29 is 21.2 Å². The molecule has 0 radical (unpaired) electrons. The minimum absolute atomic E-state index is 0.0926. The van der Waals surface area contributed by atoms with Crippen molar-refractivity contribution in [3.05, 3.63) is 72.0 Å². The highest BCUT2D eigenvalue weighted by Gasteiger charge is 2.53. The molecule has 1 aliphatic heterocycles. The zero-order valence-electron chi connectivity index (χ0n) is 18.7. The Hall–Kier alpha value is -3.51. The van der Waals surface area contributed by atoms with Gasteiger partial charge in [0.05, 0.1) is 16.8 Å². The first kappa shape index (κ1) is 23.2. The van der Waals surface area contributed by atoms with E-state index in [9.17, 15) is 21.2 Å². The number of anilines is 5. The lowest BCUT2D eigenvalue weighted by molar-refractivity contribution is 0.596. The topological polar surface area (TPSA) is 121 Å². The standard InChI is InChI=1S/C23H22FN5O4S2/c1-3-35(32,33)29-14-23(10-11-23)18-9-6-16(12-20(18)29)26-21-19(24)13-25-22(28-21)27-15-4-7-17(8-5-15)34(2,30)31/h3-9,12-13H,1,10-11,14H2,2H3,(H2,25,26,27,28). The van der Waals surface area contributed by atoms with Gasteiger partial charge in [0, 0.05) is 35.0 Å². The molecule has 0 atom stereocenters. The zero-order valence-corrected chi connectivity index (χ0v) is 20.3. The Kier molecular flexibility index (Phi) is 5.33. The predicted molar refractivity (Wildman–Crippen MR) is 132 cm³/mol. The average Bonchev–Trinajstić information content (AvgIpc) is 3.52. The predicted octanol–water partition coefficient (Wildman–Crippen LogP) is 3.83. The van der Waals surface area contributed by atoms with E-state index >= 15 is 0 Å². The first-order chi connectivity index (χ1) is 16.5. The van der Waals surface area contributed by atoms with Gasteiger partial charge in [-0.1, -0.05) is 12.6 Å². The molecule has 0 unspecified atom stereocenters. The van der Waals surface area contributed by atoms with Gasteiger partial charge in [-0.2, -0.15) is 4.98 Å². The van der Waals surface area contributed by atoms with Gasteiger partial charge in [0.25, 0.3) is 10.0 Å². The van der Waals surface area contributed by atoms with E-state index in [4.69, 9.17) is 0 Å². The lowest BCUT2D eigenvalue weighted by atomic mass is 9.98. The van der Waals surface area contributed by atoms with E-state index in [1.54, 1.807) is 24.3 Å². The first-order valence-electron chi connectivity index (χ1n) is 10.7. The smallest absolute Gasteiger partial charge is 0.256 e. The highest BCUT2D eigenvalue weighted by atomic mass is 32.2. The third-order valence-electron chi connectivity index (χ3n) is 6.20. The van der Waals surface area contributed by atoms with Crippen molar-refractivity contribution in [2.45, 2.75) is 23.2 Å². The molecule has 182 valence electrons. The van der Waals surface area contributed by atoms with Crippen LogP contribution < -0.4 is 14.9 Å². The number of aromatic nitrogens is 2. The third kappa shape index (κ3) is 4.34. The van der Waals surface area contributed by atoms with Crippen LogP contribution in [-0.2, 0) is 25.3 Å². The normalized spacial score (nSPS) is 16.1. The van der Waals surface area contributed by atoms with Gasteiger partial charge < -0.3 is 10.6 Å². The lowest BCUT2D eigenvalue weighted by Gasteiger charge is -2.18. The Balaban J connectivity index is 1.41. The van der Waals surface area contributed by atoms with Crippen molar-refractivity contribution in [1.82, 2.24) is 9.97 Å². The molecule has 1 fully saturated rings. The van der Waals surface area contributed by atoms with Gasteiger partial charge in [-0.3, -0.25) is 4.31 Å². The van der Waals surface area contributed by atoms with Gasteiger partial charge in [0.2, 0.25) is 5.95 Å². The zero-order chi connectivity index (χ0) is 25.0. The Morgan fingerprint density at radius 1 is 1.06 bits per heavy atom. The molecule has 0 bridgehead atoms. The summed E-state index contributed by atoms with van der Waals surface area (Å²) in [7, 11) is -7.00. The number of fused-ring (bicyclic) bond motifs is 2. The van der Waals surface area contributed by atoms with E-state index in [1.807, 2.05) is 6.07 Å². The van der Waals surface area contributed by atoms with Crippen LogP contribution in [0.25, 0.3) is 0 Å². The maximum absolute atomic E-state index is 14.5. The molecule has 35 heavy (non-hydrogen) atoms. The molecule has 3 aromatic rings. The van der Waals surface area contributed by atoms with Crippen LogP contribution in [0.5, 0.6) is 0 Å². The van der Waals surface area contributed by atoms with Crippen LogP contribution in [0.1, 0.15) is 18.4 Å². The van der Waals surface area contributed by atoms with Crippen molar-refractivity contribution in [2.24, 2.45) is 0 Å². The van der Waals surface area contributed by atoms with Crippen LogP contribution in [-0.4, -0.2) is 39.6 Å². The first-order valence-corrected chi connectivity index (χ1v) is 14.1. The number of rotatable bonds is 7. The molecule has 2 aromatic carbocycles. The van der Waals surface area contributed by atoms with Crippen LogP contribution in [0.2, 0.25) is 0 Å². The number of hydrogen-bond acceptors (Lipinski definition) is 8. The number of sulfone groups is 1. The number of nitrogens with one attached hydrogen (secondary N) is 2. The number of hydrogen-bond donors (Lipinski definition) is 2.